The van der Waals surface area contributed by atoms with Crippen LogP contribution in [-0.4, -0.2) is 11.7 Å². The highest BCUT2D eigenvalue weighted by atomic mass is 32.1. The molecule has 0 atom stereocenters. The quantitative estimate of drug-likeness (QED) is 0.530. The molecule has 1 aromatic carbocycles. The van der Waals surface area contributed by atoms with Crippen molar-refractivity contribution in [3.63, 3.8) is 0 Å². The summed E-state index contributed by atoms with van der Waals surface area (Å²) >= 11 is 3.88. The Kier molecular flexibility index (Phi) is 3.55. The molecule has 0 bridgehead atoms. The molecule has 0 heterocycles. The largest absolute Gasteiger partial charge is 0.366 e. The van der Waals surface area contributed by atoms with Crippen molar-refractivity contribution < 1.29 is 9.18 Å². The maximum absolute atomic E-state index is 12.8. The lowest BCUT2D eigenvalue weighted by molar-refractivity contribution is 0.1000. The molecule has 0 aliphatic rings. The summed E-state index contributed by atoms with van der Waals surface area (Å²) < 4.78 is 12.8. The molecule has 0 fully saturated rings. The van der Waals surface area contributed by atoms with E-state index >= 15 is 0 Å². The maximum atomic E-state index is 12.8. The summed E-state index contributed by atoms with van der Waals surface area (Å²) in [5.41, 5.74) is 5.61. The molecule has 0 spiro atoms. The van der Waals surface area contributed by atoms with Crippen LogP contribution in [-0.2, 0) is 0 Å². The van der Waals surface area contributed by atoms with E-state index in [-0.39, 0.29) is 5.56 Å². The standard InChI is InChI=1S/C10H8FNOS/c11-8-3-4-9(10(12)13)7(6-8)2-1-5-14/h3-4,6,14H,5H2,(H2,12,13). The zero-order valence-corrected chi connectivity index (χ0v) is 8.14. The first kappa shape index (κ1) is 10.6. The fourth-order valence-corrected chi connectivity index (χ4v) is 1.05. The molecule has 4 heteroatoms. The molecule has 1 amide bonds. The average molecular weight is 209 g/mol. The number of benzene rings is 1. The van der Waals surface area contributed by atoms with E-state index in [0.29, 0.717) is 11.3 Å². The van der Waals surface area contributed by atoms with E-state index in [1.165, 1.54) is 18.2 Å². The second-order valence-electron chi connectivity index (χ2n) is 2.51. The summed E-state index contributed by atoms with van der Waals surface area (Å²) in [5.74, 6) is 4.52. The van der Waals surface area contributed by atoms with Gasteiger partial charge in [0.25, 0.3) is 0 Å². The first-order valence-electron chi connectivity index (χ1n) is 3.84. The molecule has 0 saturated heterocycles. The smallest absolute Gasteiger partial charge is 0.249 e. The van der Waals surface area contributed by atoms with Gasteiger partial charge in [0.2, 0.25) is 5.91 Å². The minimum Gasteiger partial charge on any atom is -0.366 e. The van der Waals surface area contributed by atoms with Crippen LogP contribution in [0.2, 0.25) is 0 Å². The number of amides is 1. The van der Waals surface area contributed by atoms with Gasteiger partial charge < -0.3 is 5.73 Å². The van der Waals surface area contributed by atoms with Gasteiger partial charge in [0.05, 0.1) is 11.3 Å². The number of carbonyl (C=O) groups excluding carboxylic acids is 1. The molecule has 72 valence electrons. The van der Waals surface area contributed by atoms with Gasteiger partial charge in [-0.1, -0.05) is 11.8 Å². The summed E-state index contributed by atoms with van der Waals surface area (Å²) in [7, 11) is 0. The normalized spacial score (nSPS) is 9.00. The van der Waals surface area contributed by atoms with Crippen molar-refractivity contribution in [2.75, 3.05) is 5.75 Å². The van der Waals surface area contributed by atoms with Crippen LogP contribution in [0.5, 0.6) is 0 Å². The van der Waals surface area contributed by atoms with Crippen LogP contribution < -0.4 is 5.73 Å². The lowest BCUT2D eigenvalue weighted by Crippen LogP contribution is -2.12. The number of primary amides is 1. The molecule has 0 unspecified atom stereocenters. The van der Waals surface area contributed by atoms with Crippen molar-refractivity contribution in [2.45, 2.75) is 0 Å². The Morgan fingerprint density at radius 3 is 2.86 bits per heavy atom. The van der Waals surface area contributed by atoms with Gasteiger partial charge in [0, 0.05) is 5.56 Å². The summed E-state index contributed by atoms with van der Waals surface area (Å²) in [4.78, 5) is 10.9. The molecule has 0 aliphatic heterocycles. The first-order chi connectivity index (χ1) is 6.65. The summed E-state index contributed by atoms with van der Waals surface area (Å²) in [6.45, 7) is 0. The van der Waals surface area contributed by atoms with Gasteiger partial charge in [0.15, 0.2) is 0 Å². The predicted octanol–water partition coefficient (Wildman–Crippen LogP) is 1.21. The third-order valence-electron chi connectivity index (χ3n) is 1.55. The number of carbonyl (C=O) groups is 1. The van der Waals surface area contributed by atoms with E-state index in [1.807, 2.05) is 0 Å². The second-order valence-corrected chi connectivity index (χ2v) is 2.83. The highest BCUT2D eigenvalue weighted by Gasteiger charge is 2.06. The zero-order chi connectivity index (χ0) is 10.6. The third kappa shape index (κ3) is 2.51. The van der Waals surface area contributed by atoms with Gasteiger partial charge >= 0.3 is 0 Å². The zero-order valence-electron chi connectivity index (χ0n) is 7.25. The lowest BCUT2D eigenvalue weighted by atomic mass is 10.1. The van der Waals surface area contributed by atoms with Crippen molar-refractivity contribution in [2.24, 2.45) is 5.73 Å². The molecule has 0 aliphatic carbocycles. The number of hydrogen-bond donors (Lipinski definition) is 2. The number of thiol groups is 1. The van der Waals surface area contributed by atoms with Crippen LogP contribution in [0.3, 0.4) is 0 Å². The van der Waals surface area contributed by atoms with Crippen LogP contribution in [0.4, 0.5) is 4.39 Å². The SMILES string of the molecule is NC(=O)c1ccc(F)cc1C#CCS. The summed E-state index contributed by atoms with van der Waals surface area (Å²) in [6.07, 6.45) is 0. The van der Waals surface area contributed by atoms with E-state index < -0.39 is 11.7 Å². The van der Waals surface area contributed by atoms with Crippen molar-refractivity contribution in [1.29, 1.82) is 0 Å². The monoisotopic (exact) mass is 209 g/mol. The van der Waals surface area contributed by atoms with E-state index in [9.17, 15) is 9.18 Å². The Labute approximate surface area is 86.7 Å². The van der Waals surface area contributed by atoms with E-state index in [1.54, 1.807) is 0 Å². The highest BCUT2D eigenvalue weighted by Crippen LogP contribution is 2.09. The van der Waals surface area contributed by atoms with Gasteiger partial charge in [-0.05, 0) is 18.2 Å². The molecule has 2 N–H and O–H groups in total. The minimum atomic E-state index is -0.617. The fourth-order valence-electron chi connectivity index (χ4n) is 0.970. The summed E-state index contributed by atoms with van der Waals surface area (Å²) in [5, 5.41) is 0. The van der Waals surface area contributed by atoms with Gasteiger partial charge in [-0.3, -0.25) is 4.79 Å². The predicted molar refractivity (Wildman–Crippen MR) is 55.6 cm³/mol. The van der Waals surface area contributed by atoms with Crippen molar-refractivity contribution >= 4 is 18.5 Å². The van der Waals surface area contributed by atoms with Crippen molar-refractivity contribution in [3.8, 4) is 11.8 Å². The molecular formula is C10H8FNOS. The molecule has 0 saturated carbocycles. The lowest BCUT2D eigenvalue weighted by Gasteiger charge is -1.99. The van der Waals surface area contributed by atoms with Crippen LogP contribution in [0.25, 0.3) is 0 Å². The Hall–Kier alpha value is -1.47. The van der Waals surface area contributed by atoms with E-state index in [4.69, 9.17) is 5.73 Å². The van der Waals surface area contributed by atoms with Crippen LogP contribution >= 0.6 is 12.6 Å². The van der Waals surface area contributed by atoms with Crippen molar-refractivity contribution in [3.05, 3.63) is 35.1 Å². The Morgan fingerprint density at radius 1 is 1.57 bits per heavy atom. The van der Waals surface area contributed by atoms with Gasteiger partial charge in [-0.15, -0.1) is 0 Å². The Bertz CT molecular complexity index is 420. The molecule has 1 aromatic rings. The number of halogens is 1. The number of nitrogens with two attached hydrogens (primary N) is 1. The molecule has 14 heavy (non-hydrogen) atoms. The highest BCUT2D eigenvalue weighted by molar-refractivity contribution is 7.80. The first-order valence-corrected chi connectivity index (χ1v) is 4.47. The van der Waals surface area contributed by atoms with Gasteiger partial charge in [-0.25, -0.2) is 4.39 Å². The Balaban J connectivity index is 3.22. The number of hydrogen-bond acceptors (Lipinski definition) is 2. The van der Waals surface area contributed by atoms with E-state index in [2.05, 4.69) is 24.5 Å². The minimum absolute atomic E-state index is 0.223. The molecule has 0 aromatic heterocycles. The van der Waals surface area contributed by atoms with E-state index in [0.717, 1.165) is 0 Å². The summed E-state index contributed by atoms with van der Waals surface area (Å²) in [6, 6.07) is 3.67. The fraction of sp³-hybridized carbons (Fsp3) is 0.100. The average Bonchev–Trinajstić information content (AvgIpc) is 2.14. The molecular weight excluding hydrogens is 201 g/mol. The second kappa shape index (κ2) is 4.68. The topological polar surface area (TPSA) is 43.1 Å². The van der Waals surface area contributed by atoms with Crippen LogP contribution in [0.1, 0.15) is 15.9 Å². The van der Waals surface area contributed by atoms with Gasteiger partial charge in [0.1, 0.15) is 5.82 Å². The third-order valence-corrected chi connectivity index (χ3v) is 1.71. The van der Waals surface area contributed by atoms with Crippen molar-refractivity contribution in [1.82, 2.24) is 0 Å². The van der Waals surface area contributed by atoms with Crippen LogP contribution in [0.15, 0.2) is 18.2 Å². The molecule has 1 rings (SSSR count). The van der Waals surface area contributed by atoms with Gasteiger partial charge in [-0.2, -0.15) is 12.6 Å². The molecule has 0 radical (unpaired) electrons. The Morgan fingerprint density at radius 2 is 2.29 bits per heavy atom. The number of rotatable bonds is 1. The maximum Gasteiger partial charge on any atom is 0.249 e. The molecule has 2 nitrogen and oxygen atoms in total. The van der Waals surface area contributed by atoms with Crippen LogP contribution in [0, 0.1) is 17.7 Å².